The van der Waals surface area contributed by atoms with Crippen molar-refractivity contribution in [2.45, 2.75) is 19.3 Å². The zero-order valence-electron chi connectivity index (χ0n) is 14.0. The molecular weight excluding hydrogens is 336 g/mol. The molecule has 0 spiro atoms. The van der Waals surface area contributed by atoms with Crippen molar-refractivity contribution >= 4 is 0 Å². The average molecular weight is 352 g/mol. The first kappa shape index (κ1) is 16.1. The lowest BCUT2D eigenvalue weighted by atomic mass is 9.97. The van der Waals surface area contributed by atoms with Crippen LogP contribution in [0.5, 0.6) is 5.88 Å². The zero-order chi connectivity index (χ0) is 18.3. The molecule has 8 nitrogen and oxygen atoms in total. The van der Waals surface area contributed by atoms with E-state index < -0.39 is 17.1 Å². The minimum atomic E-state index is -0.823. The molecule has 3 aromatic rings. The van der Waals surface area contributed by atoms with E-state index in [0.717, 1.165) is 40.5 Å². The van der Waals surface area contributed by atoms with Crippen molar-refractivity contribution in [1.82, 2.24) is 19.5 Å². The molecular formula is C18H16N4O4. The molecule has 0 radical (unpaired) electrons. The molecule has 2 heterocycles. The lowest BCUT2D eigenvalue weighted by Gasteiger charge is -2.16. The topological polar surface area (TPSA) is 110 Å². The van der Waals surface area contributed by atoms with Crippen LogP contribution < -0.4 is 21.8 Å². The van der Waals surface area contributed by atoms with Gasteiger partial charge in [0.2, 0.25) is 5.88 Å². The molecule has 132 valence electrons. The maximum Gasteiger partial charge on any atom is 0.338 e. The van der Waals surface area contributed by atoms with Gasteiger partial charge in [-0.05, 0) is 42.0 Å². The molecule has 2 N–H and O–H groups in total. The highest BCUT2D eigenvalue weighted by atomic mass is 16.5. The summed E-state index contributed by atoms with van der Waals surface area (Å²) in [5.41, 5.74) is 1.65. The summed E-state index contributed by atoms with van der Waals surface area (Å²) in [4.78, 5) is 44.6. The van der Waals surface area contributed by atoms with Gasteiger partial charge in [0.05, 0.1) is 12.8 Å². The summed E-state index contributed by atoms with van der Waals surface area (Å²) in [6, 6.07) is 7.42. The van der Waals surface area contributed by atoms with Gasteiger partial charge in [0.15, 0.2) is 0 Å². The van der Waals surface area contributed by atoms with E-state index in [2.05, 4.69) is 15.0 Å². The Balaban J connectivity index is 2.08. The number of fused-ring (bicyclic) bond motifs is 1. The number of hydrogen-bond donors (Lipinski definition) is 2. The Labute approximate surface area is 147 Å². The third-order valence-corrected chi connectivity index (χ3v) is 4.58. The highest BCUT2D eigenvalue weighted by Gasteiger charge is 2.22. The highest BCUT2D eigenvalue weighted by molar-refractivity contribution is 5.76. The van der Waals surface area contributed by atoms with Gasteiger partial charge in [0, 0.05) is 17.8 Å². The number of aromatic nitrogens is 4. The number of rotatable bonds is 3. The van der Waals surface area contributed by atoms with Crippen LogP contribution in [0.1, 0.15) is 17.5 Å². The van der Waals surface area contributed by atoms with E-state index in [1.807, 2.05) is 12.1 Å². The van der Waals surface area contributed by atoms with E-state index in [1.165, 1.54) is 7.11 Å². The smallest absolute Gasteiger partial charge is 0.338 e. The van der Waals surface area contributed by atoms with Crippen LogP contribution in [0.2, 0.25) is 0 Å². The first-order valence-corrected chi connectivity index (χ1v) is 8.19. The van der Waals surface area contributed by atoms with Gasteiger partial charge in [-0.3, -0.25) is 9.97 Å². The molecule has 1 aliphatic rings. The van der Waals surface area contributed by atoms with E-state index >= 15 is 0 Å². The molecule has 26 heavy (non-hydrogen) atoms. The van der Waals surface area contributed by atoms with Crippen LogP contribution in [-0.2, 0) is 12.8 Å². The average Bonchev–Trinajstić information content (AvgIpc) is 3.10. The van der Waals surface area contributed by atoms with Crippen LogP contribution in [0.3, 0.4) is 0 Å². The second kappa shape index (κ2) is 6.14. The van der Waals surface area contributed by atoms with Crippen LogP contribution >= 0.6 is 0 Å². The van der Waals surface area contributed by atoms with Crippen LogP contribution in [0.4, 0.5) is 0 Å². The largest absolute Gasteiger partial charge is 0.481 e. The fourth-order valence-corrected chi connectivity index (χ4v) is 3.46. The zero-order valence-corrected chi connectivity index (χ0v) is 14.0. The van der Waals surface area contributed by atoms with Crippen molar-refractivity contribution < 1.29 is 4.74 Å². The summed E-state index contributed by atoms with van der Waals surface area (Å²) < 4.78 is 6.18. The van der Waals surface area contributed by atoms with Gasteiger partial charge >= 0.3 is 17.1 Å². The highest BCUT2D eigenvalue weighted by Crippen LogP contribution is 2.35. The van der Waals surface area contributed by atoms with Crippen molar-refractivity contribution in [2.75, 3.05) is 7.11 Å². The molecule has 0 bridgehead atoms. The molecule has 4 rings (SSSR count). The summed E-state index contributed by atoms with van der Waals surface area (Å²) in [6.45, 7) is 0. The predicted octanol–water partition coefficient (Wildman–Crippen LogP) is 0.773. The van der Waals surface area contributed by atoms with Gasteiger partial charge in [0.1, 0.15) is 0 Å². The SMILES string of the molecule is COc1cc(-c2ccc3c(c2-n2c(=O)[nH]c(=O)[nH]c2=O)CCC3)ccn1. The van der Waals surface area contributed by atoms with Gasteiger partial charge in [-0.25, -0.2) is 23.9 Å². The minimum Gasteiger partial charge on any atom is -0.481 e. The fourth-order valence-electron chi connectivity index (χ4n) is 3.46. The number of H-pyrrole nitrogens is 2. The predicted molar refractivity (Wildman–Crippen MR) is 95.1 cm³/mol. The van der Waals surface area contributed by atoms with Gasteiger partial charge in [-0.15, -0.1) is 0 Å². The maximum atomic E-state index is 12.4. The molecule has 0 amide bonds. The number of aryl methyl sites for hydroxylation is 1. The molecule has 2 aromatic heterocycles. The molecule has 0 unspecified atom stereocenters. The Morgan fingerprint density at radius 1 is 1.08 bits per heavy atom. The standard InChI is InChI=1S/C18H16N4O4/c1-26-14-9-11(7-8-19-14)13-6-5-10-3-2-4-12(10)15(13)22-17(24)20-16(23)21-18(22)25/h5-9H,2-4H2,1H3,(H2,20,21,23,24,25). The summed E-state index contributed by atoms with van der Waals surface area (Å²) in [6.07, 6.45) is 4.19. The van der Waals surface area contributed by atoms with Crippen LogP contribution in [0.15, 0.2) is 44.8 Å². The summed E-state index contributed by atoms with van der Waals surface area (Å²) in [5, 5.41) is 0. The van der Waals surface area contributed by atoms with Crippen LogP contribution in [0, 0.1) is 0 Å². The Hall–Kier alpha value is -3.42. The maximum absolute atomic E-state index is 12.4. The second-order valence-corrected chi connectivity index (χ2v) is 6.06. The molecule has 1 aliphatic carbocycles. The number of nitrogens with zero attached hydrogens (tertiary/aromatic N) is 2. The Bertz CT molecular complexity index is 1140. The van der Waals surface area contributed by atoms with E-state index in [4.69, 9.17) is 4.74 Å². The number of pyridine rings is 1. The number of methoxy groups -OCH3 is 1. The number of hydrogen-bond acceptors (Lipinski definition) is 5. The molecule has 0 saturated carbocycles. The monoisotopic (exact) mass is 352 g/mol. The molecule has 8 heteroatoms. The number of aromatic amines is 2. The summed E-state index contributed by atoms with van der Waals surface area (Å²) in [5.74, 6) is 0.427. The Kier molecular flexibility index (Phi) is 3.80. The van der Waals surface area contributed by atoms with Crippen molar-refractivity contribution in [3.8, 4) is 22.7 Å². The first-order chi connectivity index (χ1) is 12.6. The summed E-state index contributed by atoms with van der Waals surface area (Å²) >= 11 is 0. The molecule has 0 aliphatic heterocycles. The normalized spacial score (nSPS) is 12.8. The van der Waals surface area contributed by atoms with E-state index in [0.29, 0.717) is 17.1 Å². The van der Waals surface area contributed by atoms with E-state index in [-0.39, 0.29) is 0 Å². The van der Waals surface area contributed by atoms with Gasteiger partial charge in [-0.1, -0.05) is 12.1 Å². The lowest BCUT2D eigenvalue weighted by molar-refractivity contribution is 0.398. The third kappa shape index (κ3) is 2.55. The van der Waals surface area contributed by atoms with Crippen LogP contribution in [-0.4, -0.2) is 26.6 Å². The first-order valence-electron chi connectivity index (χ1n) is 8.19. The van der Waals surface area contributed by atoms with Crippen molar-refractivity contribution in [1.29, 1.82) is 0 Å². The number of nitrogens with one attached hydrogen (secondary N) is 2. The lowest BCUT2D eigenvalue weighted by Crippen LogP contribution is -2.42. The van der Waals surface area contributed by atoms with Crippen molar-refractivity contribution in [3.63, 3.8) is 0 Å². The minimum absolute atomic E-state index is 0.427. The Morgan fingerprint density at radius 3 is 2.58 bits per heavy atom. The quantitative estimate of drug-likeness (QED) is 0.724. The van der Waals surface area contributed by atoms with E-state index in [9.17, 15) is 14.4 Å². The Morgan fingerprint density at radius 2 is 1.85 bits per heavy atom. The van der Waals surface area contributed by atoms with Gasteiger partial charge in [-0.2, -0.15) is 0 Å². The molecule has 1 aromatic carbocycles. The molecule has 0 atom stereocenters. The third-order valence-electron chi connectivity index (χ3n) is 4.58. The van der Waals surface area contributed by atoms with Crippen molar-refractivity contribution in [3.05, 3.63) is 73.0 Å². The van der Waals surface area contributed by atoms with Gasteiger partial charge in [0.25, 0.3) is 0 Å². The molecule has 0 saturated heterocycles. The number of ether oxygens (including phenoxy) is 1. The molecule has 0 fully saturated rings. The number of benzene rings is 1. The van der Waals surface area contributed by atoms with Crippen LogP contribution in [0.25, 0.3) is 16.8 Å². The van der Waals surface area contributed by atoms with E-state index in [1.54, 1.807) is 18.3 Å². The summed E-state index contributed by atoms with van der Waals surface area (Å²) in [7, 11) is 1.52. The van der Waals surface area contributed by atoms with Crippen molar-refractivity contribution in [2.24, 2.45) is 0 Å². The second-order valence-electron chi connectivity index (χ2n) is 6.06. The van der Waals surface area contributed by atoms with Gasteiger partial charge < -0.3 is 4.74 Å². The fraction of sp³-hybridized carbons (Fsp3) is 0.222.